The van der Waals surface area contributed by atoms with E-state index in [2.05, 4.69) is 332 Å². The van der Waals surface area contributed by atoms with Gasteiger partial charge in [-0.15, -0.1) is 0 Å². The molecule has 14 rings (SSSR count). The van der Waals surface area contributed by atoms with Crippen molar-refractivity contribution < 1.29 is 9.31 Å². The molecule has 1 heterocycles. The standard InChI is InChI=1S/C46H30BrN.C30H30BNO2/c47-46-42-22-12-11-21-41(42)43(44-39-19-9-7-17-37(39)38-18-8-10-20-40(38)45(44)46)33-25-23-31(24-26-33)32-27-29-36(30-28-32)48(34-13-3-1-4-14-34)35-15-5-2-6-16-35;1-29(2)30(3,4)34-31(33-29)25-19-15-23(16-20-25)24-17-21-28(22-18-24)32(26-11-7-5-8-12-26)27-13-9-6-10-14-27/h1-30H;5-22H,1-4H3. The van der Waals surface area contributed by atoms with Crippen molar-refractivity contribution in [3.8, 4) is 33.4 Å². The fourth-order valence-electron chi connectivity index (χ4n) is 11.5. The molecule has 0 unspecified atom stereocenters. The number of hydrogen-bond donors (Lipinski definition) is 0. The highest BCUT2D eigenvalue weighted by Crippen LogP contribution is 2.49. The molecule has 4 nitrogen and oxygen atoms in total. The van der Waals surface area contributed by atoms with Gasteiger partial charge < -0.3 is 19.1 Å². The summed E-state index contributed by atoms with van der Waals surface area (Å²) in [5, 5.41) is 10.1. The summed E-state index contributed by atoms with van der Waals surface area (Å²) < 4.78 is 13.5. The van der Waals surface area contributed by atoms with E-state index in [1.54, 1.807) is 0 Å². The molecule has 0 aliphatic carbocycles. The van der Waals surface area contributed by atoms with Gasteiger partial charge in [0.1, 0.15) is 0 Å². The minimum atomic E-state index is -0.341. The lowest BCUT2D eigenvalue weighted by atomic mass is 9.78. The van der Waals surface area contributed by atoms with Crippen LogP contribution in [0.5, 0.6) is 0 Å². The number of anilines is 6. The lowest BCUT2D eigenvalue weighted by Gasteiger charge is -2.32. The Hall–Kier alpha value is -9.04. The van der Waals surface area contributed by atoms with Crippen LogP contribution < -0.4 is 15.3 Å². The van der Waals surface area contributed by atoms with Crippen molar-refractivity contribution in [3.63, 3.8) is 0 Å². The van der Waals surface area contributed by atoms with Gasteiger partial charge in [0.05, 0.1) is 11.2 Å². The van der Waals surface area contributed by atoms with Crippen LogP contribution in [0.3, 0.4) is 0 Å². The monoisotopic (exact) mass is 1120 g/mol. The smallest absolute Gasteiger partial charge is 0.399 e. The summed E-state index contributed by atoms with van der Waals surface area (Å²) in [4.78, 5) is 4.57. The molecule has 0 atom stereocenters. The summed E-state index contributed by atoms with van der Waals surface area (Å²) in [6.07, 6.45) is 0. The minimum Gasteiger partial charge on any atom is -0.399 e. The SMILES string of the molecule is Brc1c2ccccc2c(-c2ccc(-c3ccc(N(c4ccccc4)c4ccccc4)cc3)cc2)c2c3ccccc3c3ccccc3c12.CC1(C)OB(c2ccc(-c3ccc(N(c4ccccc4)c4ccccc4)cc3)cc2)OC1(C)C. The first-order chi connectivity index (χ1) is 40.1. The van der Waals surface area contributed by atoms with Crippen LogP contribution in [0.1, 0.15) is 27.7 Å². The van der Waals surface area contributed by atoms with Gasteiger partial charge >= 0.3 is 7.12 Å². The Bertz CT molecular complexity index is 4270. The lowest BCUT2D eigenvalue weighted by Crippen LogP contribution is -2.41. The molecular weight excluding hydrogens is 1060 g/mol. The van der Waals surface area contributed by atoms with Crippen molar-refractivity contribution in [2.45, 2.75) is 38.9 Å². The van der Waals surface area contributed by atoms with Crippen molar-refractivity contribution in [1.29, 1.82) is 0 Å². The summed E-state index contributed by atoms with van der Waals surface area (Å²) in [6.45, 7) is 8.32. The van der Waals surface area contributed by atoms with Gasteiger partial charge in [-0.3, -0.25) is 0 Å². The molecule has 82 heavy (non-hydrogen) atoms. The van der Waals surface area contributed by atoms with Crippen molar-refractivity contribution in [2.24, 2.45) is 0 Å². The van der Waals surface area contributed by atoms with Gasteiger partial charge in [-0.05, 0) is 193 Å². The average molecular weight is 1120 g/mol. The van der Waals surface area contributed by atoms with Gasteiger partial charge in [0.25, 0.3) is 0 Å². The molecule has 1 aliphatic rings. The molecule has 0 aromatic heterocycles. The third-order valence-corrected chi connectivity index (χ3v) is 17.2. The number of rotatable bonds is 10. The van der Waals surface area contributed by atoms with Crippen LogP contribution in [-0.4, -0.2) is 18.3 Å². The predicted octanol–water partition coefficient (Wildman–Crippen LogP) is 21.0. The van der Waals surface area contributed by atoms with E-state index in [1.807, 2.05) is 12.1 Å². The van der Waals surface area contributed by atoms with Crippen LogP contribution in [0.4, 0.5) is 34.1 Å². The molecule has 1 fully saturated rings. The number of hydrogen-bond acceptors (Lipinski definition) is 4. The first kappa shape index (κ1) is 52.3. The van der Waals surface area contributed by atoms with Crippen LogP contribution in [0, 0.1) is 0 Å². The molecular formula is C76H60BBrN2O2. The zero-order valence-corrected chi connectivity index (χ0v) is 48.0. The van der Waals surface area contributed by atoms with Crippen LogP contribution in [0.25, 0.3) is 76.5 Å². The van der Waals surface area contributed by atoms with E-state index in [9.17, 15) is 0 Å². The summed E-state index contributed by atoms with van der Waals surface area (Å²) in [5.41, 5.74) is 14.3. The predicted molar refractivity (Wildman–Crippen MR) is 352 cm³/mol. The maximum absolute atomic E-state index is 6.19. The first-order valence-corrected chi connectivity index (χ1v) is 28.9. The zero-order valence-electron chi connectivity index (χ0n) is 46.4. The van der Waals surface area contributed by atoms with Crippen molar-refractivity contribution >= 4 is 106 Å². The molecule has 0 spiro atoms. The van der Waals surface area contributed by atoms with E-state index in [0.717, 1.165) is 49.6 Å². The average Bonchev–Trinajstić information content (AvgIpc) is 3.84. The second-order valence-electron chi connectivity index (χ2n) is 22.0. The number of benzene rings is 13. The summed E-state index contributed by atoms with van der Waals surface area (Å²) >= 11 is 4.08. The van der Waals surface area contributed by atoms with Gasteiger partial charge in [-0.1, -0.05) is 218 Å². The van der Waals surface area contributed by atoms with Crippen molar-refractivity contribution in [1.82, 2.24) is 0 Å². The Morgan fingerprint density at radius 2 is 0.561 bits per heavy atom. The Balaban J connectivity index is 0.000000164. The van der Waals surface area contributed by atoms with Crippen LogP contribution in [0.15, 0.2) is 296 Å². The molecule has 0 bridgehead atoms. The second kappa shape index (κ2) is 22.1. The summed E-state index contributed by atoms with van der Waals surface area (Å²) in [7, 11) is -0.341. The number of para-hydroxylation sites is 4. The van der Waals surface area contributed by atoms with E-state index in [1.165, 1.54) is 70.9 Å². The van der Waals surface area contributed by atoms with Crippen LogP contribution >= 0.6 is 15.9 Å². The first-order valence-electron chi connectivity index (χ1n) is 28.1. The number of halogens is 1. The van der Waals surface area contributed by atoms with E-state index in [0.29, 0.717) is 0 Å². The maximum Gasteiger partial charge on any atom is 0.494 e. The lowest BCUT2D eigenvalue weighted by molar-refractivity contribution is 0.00578. The molecule has 0 saturated carbocycles. The zero-order chi connectivity index (χ0) is 55.8. The van der Waals surface area contributed by atoms with Crippen molar-refractivity contribution in [3.05, 3.63) is 296 Å². The Morgan fingerprint density at radius 3 is 0.951 bits per heavy atom. The van der Waals surface area contributed by atoms with Gasteiger partial charge in [0.2, 0.25) is 0 Å². The third kappa shape index (κ3) is 9.94. The molecule has 0 amide bonds. The van der Waals surface area contributed by atoms with Gasteiger partial charge in [0, 0.05) is 44.0 Å². The molecule has 1 aliphatic heterocycles. The highest BCUT2D eigenvalue weighted by molar-refractivity contribution is 9.10. The Labute approximate surface area is 489 Å². The van der Waals surface area contributed by atoms with Gasteiger partial charge in [0.15, 0.2) is 0 Å². The van der Waals surface area contributed by atoms with Crippen molar-refractivity contribution in [2.75, 3.05) is 9.80 Å². The fourth-order valence-corrected chi connectivity index (χ4v) is 12.3. The molecule has 396 valence electrons. The van der Waals surface area contributed by atoms with E-state index >= 15 is 0 Å². The van der Waals surface area contributed by atoms with Crippen LogP contribution in [-0.2, 0) is 9.31 Å². The maximum atomic E-state index is 6.19. The number of fused-ring (bicyclic) bond motifs is 7. The largest absolute Gasteiger partial charge is 0.494 e. The topological polar surface area (TPSA) is 24.9 Å². The van der Waals surface area contributed by atoms with Gasteiger partial charge in [-0.2, -0.15) is 0 Å². The van der Waals surface area contributed by atoms with E-state index in [4.69, 9.17) is 9.31 Å². The van der Waals surface area contributed by atoms with Crippen LogP contribution in [0.2, 0.25) is 0 Å². The highest BCUT2D eigenvalue weighted by atomic mass is 79.9. The fraction of sp³-hybridized carbons (Fsp3) is 0.0789. The number of nitrogens with zero attached hydrogens (tertiary/aromatic N) is 2. The Morgan fingerprint density at radius 1 is 0.280 bits per heavy atom. The third-order valence-electron chi connectivity index (χ3n) is 16.4. The molecule has 0 radical (unpaired) electrons. The molecule has 13 aromatic carbocycles. The van der Waals surface area contributed by atoms with E-state index < -0.39 is 0 Å². The molecule has 0 N–H and O–H groups in total. The quantitative estimate of drug-likeness (QED) is 0.0774. The molecule has 13 aromatic rings. The minimum absolute atomic E-state index is 0.338. The summed E-state index contributed by atoms with van der Waals surface area (Å²) in [6, 6.07) is 104. The normalized spacial score (nSPS) is 13.5. The Kier molecular flexibility index (Phi) is 14.1. The summed E-state index contributed by atoms with van der Waals surface area (Å²) in [5.74, 6) is 0. The molecule has 6 heteroatoms. The van der Waals surface area contributed by atoms with Gasteiger partial charge in [-0.25, -0.2) is 0 Å². The van der Waals surface area contributed by atoms with E-state index in [-0.39, 0.29) is 18.3 Å². The molecule has 1 saturated heterocycles. The second-order valence-corrected chi connectivity index (χ2v) is 22.8. The highest BCUT2D eigenvalue weighted by Gasteiger charge is 2.51.